The molecule has 0 aromatic heterocycles. The van der Waals surface area contributed by atoms with Gasteiger partial charge in [-0.15, -0.1) is 0 Å². The number of piperazine rings is 2. The first kappa shape index (κ1) is 18.2. The Balaban J connectivity index is 1.82. The van der Waals surface area contributed by atoms with Crippen molar-refractivity contribution >= 4 is 11.6 Å². The van der Waals surface area contributed by atoms with Crippen LogP contribution in [0, 0.1) is 0 Å². The van der Waals surface area contributed by atoms with Gasteiger partial charge in [-0.2, -0.15) is 0 Å². The fourth-order valence-electron chi connectivity index (χ4n) is 3.60. The van der Waals surface area contributed by atoms with Gasteiger partial charge < -0.3 is 20.0 Å². The molecule has 1 atom stereocenters. The van der Waals surface area contributed by atoms with Crippen LogP contribution in [0.2, 0.25) is 0 Å². The van der Waals surface area contributed by atoms with Gasteiger partial charge in [-0.05, 0) is 24.7 Å². The van der Waals surface area contributed by atoms with E-state index >= 15 is 0 Å². The number of benzene rings is 1. The molecule has 0 saturated carbocycles. The smallest absolute Gasteiger partial charge is 0.244 e. The zero-order valence-corrected chi connectivity index (χ0v) is 15.7. The largest absolute Gasteiger partial charge is 0.378 e. The molecule has 6 nitrogen and oxygen atoms in total. The van der Waals surface area contributed by atoms with Crippen LogP contribution in [0.4, 0.5) is 5.69 Å². The SMILES string of the molecule is CN1CCN(C(=O)C(c2ccc(N(C)C)cc2)N2CCNCC2)CC1. The average molecular weight is 345 g/mol. The number of rotatable bonds is 4. The van der Waals surface area contributed by atoms with Gasteiger partial charge in [0.1, 0.15) is 6.04 Å². The average Bonchev–Trinajstić information content (AvgIpc) is 2.64. The van der Waals surface area contributed by atoms with Crippen molar-refractivity contribution in [2.24, 2.45) is 0 Å². The monoisotopic (exact) mass is 345 g/mol. The summed E-state index contributed by atoms with van der Waals surface area (Å²) < 4.78 is 0. The van der Waals surface area contributed by atoms with Crippen LogP contribution in [0.15, 0.2) is 24.3 Å². The maximum Gasteiger partial charge on any atom is 0.244 e. The summed E-state index contributed by atoms with van der Waals surface area (Å²) >= 11 is 0. The van der Waals surface area contributed by atoms with Gasteiger partial charge in [-0.25, -0.2) is 0 Å². The molecule has 1 aromatic carbocycles. The molecule has 1 N–H and O–H groups in total. The van der Waals surface area contributed by atoms with Crippen molar-refractivity contribution in [1.82, 2.24) is 20.0 Å². The number of hydrogen-bond acceptors (Lipinski definition) is 5. The van der Waals surface area contributed by atoms with Gasteiger partial charge in [0, 0.05) is 72.1 Å². The van der Waals surface area contributed by atoms with Crippen molar-refractivity contribution in [1.29, 1.82) is 0 Å². The Morgan fingerprint density at radius 3 is 2.16 bits per heavy atom. The maximum absolute atomic E-state index is 13.4. The Labute approximate surface area is 151 Å². The lowest BCUT2D eigenvalue weighted by molar-refractivity contribution is -0.139. The fourth-order valence-corrected chi connectivity index (χ4v) is 3.60. The summed E-state index contributed by atoms with van der Waals surface area (Å²) in [5.74, 6) is 0.257. The van der Waals surface area contributed by atoms with Crippen LogP contribution in [0.5, 0.6) is 0 Å². The summed E-state index contributed by atoms with van der Waals surface area (Å²) in [6.07, 6.45) is 0. The molecular weight excluding hydrogens is 314 g/mol. The third kappa shape index (κ3) is 4.32. The summed E-state index contributed by atoms with van der Waals surface area (Å²) in [5, 5.41) is 3.39. The van der Waals surface area contributed by atoms with Crippen molar-refractivity contribution in [3.63, 3.8) is 0 Å². The lowest BCUT2D eigenvalue weighted by atomic mass is 10.0. The topological polar surface area (TPSA) is 42.1 Å². The van der Waals surface area contributed by atoms with Crippen LogP contribution < -0.4 is 10.2 Å². The third-order valence-electron chi connectivity index (χ3n) is 5.29. The molecule has 3 rings (SSSR count). The minimum absolute atomic E-state index is 0.165. The van der Waals surface area contributed by atoms with Gasteiger partial charge in [-0.1, -0.05) is 12.1 Å². The molecule has 0 aliphatic carbocycles. The van der Waals surface area contributed by atoms with E-state index in [0.717, 1.165) is 63.6 Å². The number of anilines is 1. The molecule has 2 heterocycles. The first-order valence-electron chi connectivity index (χ1n) is 9.25. The zero-order chi connectivity index (χ0) is 17.8. The second-order valence-electron chi connectivity index (χ2n) is 7.30. The highest BCUT2D eigenvalue weighted by Crippen LogP contribution is 2.26. The summed E-state index contributed by atoms with van der Waals surface area (Å²) in [6, 6.07) is 8.30. The summed E-state index contributed by atoms with van der Waals surface area (Å²) in [7, 11) is 6.20. The highest BCUT2D eigenvalue weighted by molar-refractivity contribution is 5.83. The molecule has 25 heavy (non-hydrogen) atoms. The van der Waals surface area contributed by atoms with Crippen molar-refractivity contribution < 1.29 is 4.79 Å². The quantitative estimate of drug-likeness (QED) is 0.859. The van der Waals surface area contributed by atoms with E-state index in [1.807, 2.05) is 19.0 Å². The van der Waals surface area contributed by atoms with E-state index in [1.54, 1.807) is 0 Å². The van der Waals surface area contributed by atoms with Crippen LogP contribution in [0.1, 0.15) is 11.6 Å². The van der Waals surface area contributed by atoms with Crippen LogP contribution in [-0.4, -0.2) is 94.1 Å². The van der Waals surface area contributed by atoms with Gasteiger partial charge in [0.25, 0.3) is 0 Å². The molecule has 0 bridgehead atoms. The normalized spacial score (nSPS) is 21.2. The van der Waals surface area contributed by atoms with Gasteiger partial charge in [0.05, 0.1) is 0 Å². The number of nitrogens with zero attached hydrogens (tertiary/aromatic N) is 4. The van der Waals surface area contributed by atoms with Crippen LogP contribution in [0.25, 0.3) is 0 Å². The van der Waals surface area contributed by atoms with Crippen molar-refractivity contribution in [3.05, 3.63) is 29.8 Å². The second kappa shape index (κ2) is 8.17. The number of hydrogen-bond donors (Lipinski definition) is 1. The molecule has 1 amide bonds. The van der Waals surface area contributed by atoms with Gasteiger partial charge >= 0.3 is 0 Å². The molecule has 1 unspecified atom stereocenters. The van der Waals surface area contributed by atoms with Crippen LogP contribution in [-0.2, 0) is 4.79 Å². The predicted octanol–water partition coefficient (Wildman–Crippen LogP) is 0.473. The molecule has 2 fully saturated rings. The Morgan fingerprint density at radius 2 is 1.60 bits per heavy atom. The molecule has 2 saturated heterocycles. The van der Waals surface area contributed by atoms with E-state index < -0.39 is 0 Å². The highest BCUT2D eigenvalue weighted by atomic mass is 16.2. The summed E-state index contributed by atoms with van der Waals surface area (Å²) in [6.45, 7) is 7.30. The first-order valence-corrected chi connectivity index (χ1v) is 9.25. The van der Waals surface area contributed by atoms with Gasteiger partial charge in [0.15, 0.2) is 0 Å². The molecule has 1 aromatic rings. The number of carbonyl (C=O) groups excluding carboxylic acids is 1. The highest BCUT2D eigenvalue weighted by Gasteiger charge is 2.33. The van der Waals surface area contributed by atoms with Crippen molar-refractivity contribution in [2.45, 2.75) is 6.04 Å². The van der Waals surface area contributed by atoms with Crippen LogP contribution in [0.3, 0.4) is 0 Å². The molecular formula is C19H31N5O. The minimum atomic E-state index is -0.165. The maximum atomic E-state index is 13.4. The Kier molecular flexibility index (Phi) is 5.93. The molecule has 6 heteroatoms. The predicted molar refractivity (Wildman–Crippen MR) is 102 cm³/mol. The van der Waals surface area contributed by atoms with E-state index in [0.29, 0.717) is 0 Å². The Morgan fingerprint density at radius 1 is 1.00 bits per heavy atom. The summed E-state index contributed by atoms with van der Waals surface area (Å²) in [4.78, 5) is 22.1. The lowest BCUT2D eigenvalue weighted by Crippen LogP contribution is -2.53. The fraction of sp³-hybridized carbons (Fsp3) is 0.632. The molecule has 0 spiro atoms. The van der Waals surface area contributed by atoms with Crippen molar-refractivity contribution in [2.75, 3.05) is 78.4 Å². The van der Waals surface area contributed by atoms with Crippen LogP contribution >= 0.6 is 0 Å². The lowest BCUT2D eigenvalue weighted by Gasteiger charge is -2.39. The standard InChI is InChI=1S/C19H31N5O/c1-21(2)17-6-4-16(5-7-17)18(23-10-8-20-9-11-23)19(25)24-14-12-22(3)13-15-24/h4-7,18,20H,8-15H2,1-3H3. The van der Waals surface area contributed by atoms with Gasteiger partial charge in [0.2, 0.25) is 5.91 Å². The number of amides is 1. The van der Waals surface area contributed by atoms with E-state index in [4.69, 9.17) is 0 Å². The second-order valence-corrected chi connectivity index (χ2v) is 7.30. The van der Waals surface area contributed by atoms with Gasteiger partial charge in [-0.3, -0.25) is 9.69 Å². The Hall–Kier alpha value is -1.63. The van der Waals surface area contributed by atoms with E-state index in [2.05, 4.69) is 51.3 Å². The molecule has 2 aliphatic heterocycles. The zero-order valence-electron chi connectivity index (χ0n) is 15.7. The third-order valence-corrected chi connectivity index (χ3v) is 5.29. The summed E-state index contributed by atoms with van der Waals surface area (Å²) in [5.41, 5.74) is 2.27. The van der Waals surface area contributed by atoms with E-state index in [1.165, 1.54) is 0 Å². The molecule has 2 aliphatic rings. The number of carbonyl (C=O) groups is 1. The van der Waals surface area contributed by atoms with Crippen molar-refractivity contribution in [3.8, 4) is 0 Å². The van der Waals surface area contributed by atoms with E-state index in [-0.39, 0.29) is 11.9 Å². The molecule has 138 valence electrons. The minimum Gasteiger partial charge on any atom is -0.378 e. The number of likely N-dealkylation sites (N-methyl/N-ethyl adjacent to an activating group) is 1. The Bertz CT molecular complexity index is 560. The first-order chi connectivity index (χ1) is 12.1. The molecule has 0 radical (unpaired) electrons. The van der Waals surface area contributed by atoms with E-state index in [9.17, 15) is 4.79 Å². The number of nitrogens with one attached hydrogen (secondary N) is 1.